The van der Waals surface area contributed by atoms with Gasteiger partial charge >= 0.3 is 6.03 Å². The zero-order valence-electron chi connectivity index (χ0n) is 17.3. The number of hydrogen-bond acceptors (Lipinski definition) is 4. The van der Waals surface area contributed by atoms with E-state index in [1.165, 1.54) is 5.56 Å². The molecule has 0 bridgehead atoms. The summed E-state index contributed by atoms with van der Waals surface area (Å²) < 4.78 is 1.95. The van der Waals surface area contributed by atoms with Crippen molar-refractivity contribution >= 4 is 28.0 Å². The molecule has 1 N–H and O–H groups in total. The van der Waals surface area contributed by atoms with E-state index in [-0.39, 0.29) is 6.03 Å². The van der Waals surface area contributed by atoms with E-state index in [1.54, 1.807) is 11.3 Å². The molecule has 7 heteroatoms. The smallest absolute Gasteiger partial charge is 0.319 e. The lowest BCUT2D eigenvalue weighted by Gasteiger charge is -2.27. The van der Waals surface area contributed by atoms with E-state index in [9.17, 15) is 4.79 Å². The molecule has 0 spiro atoms. The number of carbonyl (C=O) groups excluding carboxylic acids is 1. The molecule has 152 valence electrons. The Hall–Kier alpha value is -3.19. The van der Waals surface area contributed by atoms with Crippen LogP contribution in [0.5, 0.6) is 0 Å². The number of aromatic nitrogens is 3. The predicted molar refractivity (Wildman–Crippen MR) is 120 cm³/mol. The van der Waals surface area contributed by atoms with Crippen LogP contribution in [0.2, 0.25) is 0 Å². The molecular formula is C23H23N5OS. The molecule has 2 amide bonds. The van der Waals surface area contributed by atoms with Gasteiger partial charge in [-0.25, -0.2) is 9.31 Å². The molecule has 0 aliphatic carbocycles. The quantitative estimate of drug-likeness (QED) is 0.501. The van der Waals surface area contributed by atoms with Gasteiger partial charge in [0.1, 0.15) is 0 Å². The second kappa shape index (κ2) is 7.25. The van der Waals surface area contributed by atoms with Gasteiger partial charge in [-0.1, -0.05) is 53.3 Å². The number of fused-ring (bicyclic) bond motifs is 3. The first-order chi connectivity index (χ1) is 14.5. The van der Waals surface area contributed by atoms with Crippen molar-refractivity contribution in [3.8, 4) is 11.4 Å². The molecular weight excluding hydrogens is 394 g/mol. The van der Waals surface area contributed by atoms with Crippen LogP contribution in [0.4, 0.5) is 10.5 Å². The second-order valence-electron chi connectivity index (χ2n) is 7.89. The average Bonchev–Trinajstić information content (AvgIpc) is 3.28. The molecule has 0 atom stereocenters. The molecule has 5 rings (SSSR count). The second-order valence-corrected chi connectivity index (χ2v) is 8.95. The Morgan fingerprint density at radius 3 is 2.63 bits per heavy atom. The maximum Gasteiger partial charge on any atom is 0.322 e. The highest BCUT2D eigenvalue weighted by Gasteiger charge is 2.26. The highest BCUT2D eigenvalue weighted by molar-refractivity contribution is 7.17. The van der Waals surface area contributed by atoms with Crippen molar-refractivity contribution in [3.63, 3.8) is 0 Å². The number of rotatable bonds is 2. The number of urea groups is 1. The van der Waals surface area contributed by atoms with E-state index in [0.29, 0.717) is 13.1 Å². The van der Waals surface area contributed by atoms with Crippen molar-refractivity contribution < 1.29 is 4.79 Å². The van der Waals surface area contributed by atoms with E-state index in [0.717, 1.165) is 50.2 Å². The van der Waals surface area contributed by atoms with Gasteiger partial charge in [-0.2, -0.15) is 4.98 Å². The summed E-state index contributed by atoms with van der Waals surface area (Å²) >= 11 is 1.62. The number of carbonyl (C=O) groups is 1. The summed E-state index contributed by atoms with van der Waals surface area (Å²) in [6.07, 6.45) is 0.770. The predicted octanol–water partition coefficient (Wildman–Crippen LogP) is 4.97. The Morgan fingerprint density at radius 1 is 1.07 bits per heavy atom. The normalized spacial score (nSPS) is 13.5. The number of nitrogens with one attached hydrogen (secondary N) is 1. The van der Waals surface area contributed by atoms with Crippen LogP contribution in [0.1, 0.15) is 27.3 Å². The molecule has 4 aromatic rings. The summed E-state index contributed by atoms with van der Waals surface area (Å²) in [7, 11) is 0. The molecule has 0 saturated heterocycles. The summed E-state index contributed by atoms with van der Waals surface area (Å²) in [6.45, 7) is 7.36. The van der Waals surface area contributed by atoms with Gasteiger partial charge in [0.15, 0.2) is 5.82 Å². The van der Waals surface area contributed by atoms with Crippen LogP contribution >= 0.6 is 11.3 Å². The standard InChI is InChI=1S/C23H23N5OS/c1-14-5-8-17(9-6-14)21-25-23-28(26-21)19-10-11-27(13-20(19)30-23)22(29)24-18-12-15(2)4-7-16(18)3/h4-9,12H,10-11,13H2,1-3H3,(H,24,29). The molecule has 0 radical (unpaired) electrons. The molecule has 2 aromatic carbocycles. The third-order valence-electron chi connectivity index (χ3n) is 5.55. The topological polar surface area (TPSA) is 62.5 Å². The van der Waals surface area contributed by atoms with Crippen molar-refractivity contribution in [3.05, 3.63) is 69.7 Å². The summed E-state index contributed by atoms with van der Waals surface area (Å²) in [4.78, 5) is 21.5. The third-order valence-corrected chi connectivity index (χ3v) is 6.61. The van der Waals surface area contributed by atoms with Crippen LogP contribution < -0.4 is 5.32 Å². The molecule has 0 unspecified atom stereocenters. The Bertz CT molecular complexity index is 1250. The van der Waals surface area contributed by atoms with E-state index >= 15 is 0 Å². The fourth-order valence-electron chi connectivity index (χ4n) is 3.75. The zero-order valence-corrected chi connectivity index (χ0v) is 18.1. The van der Waals surface area contributed by atoms with Crippen LogP contribution in [0, 0.1) is 20.8 Å². The van der Waals surface area contributed by atoms with E-state index in [2.05, 4.69) is 42.6 Å². The van der Waals surface area contributed by atoms with Gasteiger partial charge in [-0.3, -0.25) is 0 Å². The fourth-order valence-corrected chi connectivity index (χ4v) is 4.87. The lowest BCUT2D eigenvalue weighted by Crippen LogP contribution is -2.38. The van der Waals surface area contributed by atoms with E-state index < -0.39 is 0 Å². The van der Waals surface area contributed by atoms with Crippen molar-refractivity contribution in [2.75, 3.05) is 11.9 Å². The first-order valence-corrected chi connectivity index (χ1v) is 10.9. The summed E-state index contributed by atoms with van der Waals surface area (Å²) in [5.74, 6) is 0.749. The minimum atomic E-state index is -0.0614. The maximum atomic E-state index is 12.8. The first kappa shape index (κ1) is 18.8. The van der Waals surface area contributed by atoms with E-state index in [1.807, 2.05) is 35.4 Å². The lowest BCUT2D eigenvalue weighted by atomic mass is 10.1. The summed E-state index contributed by atoms with van der Waals surface area (Å²) in [5.41, 5.74) is 6.47. The monoisotopic (exact) mass is 417 g/mol. The lowest BCUT2D eigenvalue weighted by molar-refractivity contribution is 0.206. The van der Waals surface area contributed by atoms with Gasteiger partial charge in [0.25, 0.3) is 0 Å². The Kier molecular flexibility index (Phi) is 4.55. The number of thiazole rings is 1. The van der Waals surface area contributed by atoms with E-state index in [4.69, 9.17) is 10.1 Å². The van der Waals surface area contributed by atoms with Gasteiger partial charge in [-0.05, 0) is 38.0 Å². The minimum absolute atomic E-state index is 0.0614. The number of aryl methyl sites for hydroxylation is 3. The molecule has 30 heavy (non-hydrogen) atoms. The van der Waals surface area contributed by atoms with Crippen LogP contribution in [0.15, 0.2) is 42.5 Å². The summed E-state index contributed by atoms with van der Waals surface area (Å²) in [6, 6.07) is 14.3. The van der Waals surface area contributed by atoms with Crippen molar-refractivity contribution in [1.82, 2.24) is 19.5 Å². The molecule has 0 saturated carbocycles. The molecule has 3 heterocycles. The van der Waals surface area contributed by atoms with Gasteiger partial charge in [0, 0.05) is 29.1 Å². The van der Waals surface area contributed by atoms with Crippen LogP contribution in [0.25, 0.3) is 16.3 Å². The highest BCUT2D eigenvalue weighted by Crippen LogP contribution is 2.30. The van der Waals surface area contributed by atoms with Gasteiger partial charge in [0.2, 0.25) is 4.96 Å². The number of amides is 2. The van der Waals surface area contributed by atoms with Gasteiger partial charge < -0.3 is 10.2 Å². The SMILES string of the molecule is Cc1ccc(-c2nc3sc4c(n3n2)CCN(C(=O)Nc2cc(C)ccc2C)C4)cc1. The molecule has 1 aliphatic heterocycles. The summed E-state index contributed by atoms with van der Waals surface area (Å²) in [5, 5.41) is 7.81. The van der Waals surface area contributed by atoms with Crippen LogP contribution in [0.3, 0.4) is 0 Å². The highest BCUT2D eigenvalue weighted by atomic mass is 32.1. The molecule has 6 nitrogen and oxygen atoms in total. The third kappa shape index (κ3) is 3.35. The number of benzene rings is 2. The largest absolute Gasteiger partial charge is 0.322 e. The van der Waals surface area contributed by atoms with Gasteiger partial charge in [0.05, 0.1) is 12.2 Å². The Morgan fingerprint density at radius 2 is 1.83 bits per heavy atom. The van der Waals surface area contributed by atoms with Gasteiger partial charge in [-0.15, -0.1) is 5.10 Å². The number of anilines is 1. The zero-order chi connectivity index (χ0) is 20.8. The van der Waals surface area contributed by atoms with Crippen molar-refractivity contribution in [2.45, 2.75) is 33.7 Å². The molecule has 1 aliphatic rings. The minimum Gasteiger partial charge on any atom is -0.319 e. The molecule has 0 fully saturated rings. The number of hydrogen-bond donors (Lipinski definition) is 1. The maximum absolute atomic E-state index is 12.8. The van der Waals surface area contributed by atoms with Crippen molar-refractivity contribution in [2.24, 2.45) is 0 Å². The Balaban J connectivity index is 1.36. The number of nitrogens with zero attached hydrogens (tertiary/aromatic N) is 4. The molecule has 2 aromatic heterocycles. The van der Waals surface area contributed by atoms with Crippen molar-refractivity contribution in [1.29, 1.82) is 0 Å². The Labute approximate surface area is 179 Å². The average molecular weight is 418 g/mol. The fraction of sp³-hybridized carbons (Fsp3) is 0.261. The first-order valence-electron chi connectivity index (χ1n) is 10.1. The van der Waals surface area contributed by atoms with Crippen LogP contribution in [-0.4, -0.2) is 32.1 Å². The van der Waals surface area contributed by atoms with Crippen LogP contribution in [-0.2, 0) is 13.0 Å².